The lowest BCUT2D eigenvalue weighted by Crippen LogP contribution is -2.40. The van der Waals surface area contributed by atoms with Crippen molar-refractivity contribution in [3.8, 4) is 11.1 Å². The fourth-order valence-electron chi connectivity index (χ4n) is 3.46. The molecular weight excluding hydrogens is 344 g/mol. The molecule has 1 aromatic heterocycles. The monoisotopic (exact) mass is 373 g/mol. The van der Waals surface area contributed by atoms with Crippen LogP contribution in [0.3, 0.4) is 0 Å². The lowest BCUT2D eigenvalue weighted by atomic mass is 9.92. The maximum atomic E-state index is 12.8. The third-order valence-corrected chi connectivity index (χ3v) is 4.93. The molecule has 1 N–H and O–H groups in total. The molecule has 3 rings (SSSR count). The summed E-state index contributed by atoms with van der Waals surface area (Å²) in [6, 6.07) is 20.5. The molecule has 0 aliphatic carbocycles. The summed E-state index contributed by atoms with van der Waals surface area (Å²) in [4.78, 5) is 12.8. The molecule has 144 valence electrons. The van der Waals surface area contributed by atoms with Crippen LogP contribution < -0.4 is 9.88 Å². The van der Waals surface area contributed by atoms with Gasteiger partial charge in [0.25, 0.3) is 5.91 Å². The Hall–Kier alpha value is -2.94. The highest BCUT2D eigenvalue weighted by atomic mass is 16.1. The number of aromatic nitrogens is 1. The van der Waals surface area contributed by atoms with Gasteiger partial charge in [-0.3, -0.25) is 4.79 Å². The SMILES string of the molecule is CC(C)c1cccc(C(C)C)c1NC(=O)C[n+]1cccc(-c2ccccc2)c1. The molecule has 0 aliphatic heterocycles. The second-order valence-electron chi connectivity index (χ2n) is 7.80. The molecule has 1 heterocycles. The van der Waals surface area contributed by atoms with Gasteiger partial charge >= 0.3 is 0 Å². The van der Waals surface area contributed by atoms with Crippen LogP contribution in [0, 0.1) is 0 Å². The van der Waals surface area contributed by atoms with Crippen molar-refractivity contribution in [1.82, 2.24) is 0 Å². The number of nitrogens with zero attached hydrogens (tertiary/aromatic N) is 1. The average molecular weight is 374 g/mol. The Morgan fingerprint density at radius 3 is 2.04 bits per heavy atom. The number of carbonyl (C=O) groups excluding carboxylic acids is 1. The van der Waals surface area contributed by atoms with Gasteiger partial charge in [0.15, 0.2) is 12.4 Å². The fraction of sp³-hybridized carbons (Fsp3) is 0.280. The Labute approximate surface area is 168 Å². The molecule has 0 unspecified atom stereocenters. The van der Waals surface area contributed by atoms with Crippen LogP contribution in [-0.2, 0) is 11.3 Å². The molecule has 0 saturated carbocycles. The van der Waals surface area contributed by atoms with E-state index < -0.39 is 0 Å². The number of rotatable bonds is 6. The molecule has 0 bridgehead atoms. The highest BCUT2D eigenvalue weighted by molar-refractivity contribution is 5.91. The van der Waals surface area contributed by atoms with E-state index in [1.54, 1.807) is 0 Å². The lowest BCUT2D eigenvalue weighted by Gasteiger charge is -2.19. The average Bonchev–Trinajstić information content (AvgIpc) is 2.68. The van der Waals surface area contributed by atoms with Crippen molar-refractivity contribution in [3.63, 3.8) is 0 Å². The van der Waals surface area contributed by atoms with E-state index in [0.717, 1.165) is 16.8 Å². The summed E-state index contributed by atoms with van der Waals surface area (Å²) in [5, 5.41) is 3.19. The van der Waals surface area contributed by atoms with E-state index >= 15 is 0 Å². The van der Waals surface area contributed by atoms with Gasteiger partial charge < -0.3 is 5.32 Å². The third-order valence-electron chi connectivity index (χ3n) is 4.93. The molecule has 1 amide bonds. The number of pyridine rings is 1. The van der Waals surface area contributed by atoms with E-state index in [1.807, 2.05) is 41.2 Å². The molecule has 0 saturated heterocycles. The standard InChI is InChI=1S/C25H28N2O/c1-18(2)22-13-8-14-23(19(3)4)25(22)26-24(28)17-27-15-9-12-21(16-27)20-10-6-5-7-11-20/h5-16,18-19H,17H2,1-4H3/p+1. The van der Waals surface area contributed by atoms with Crippen molar-refractivity contribution < 1.29 is 9.36 Å². The number of benzene rings is 2. The van der Waals surface area contributed by atoms with Crippen molar-refractivity contribution in [2.24, 2.45) is 0 Å². The van der Waals surface area contributed by atoms with Crippen molar-refractivity contribution >= 4 is 11.6 Å². The molecule has 3 heteroatoms. The minimum absolute atomic E-state index is 0.00906. The summed E-state index contributed by atoms with van der Waals surface area (Å²) in [5.41, 5.74) is 5.58. The number of amides is 1. The summed E-state index contributed by atoms with van der Waals surface area (Å²) < 4.78 is 1.94. The van der Waals surface area contributed by atoms with Gasteiger partial charge in [-0.05, 0) is 34.6 Å². The van der Waals surface area contributed by atoms with Crippen LogP contribution in [0.2, 0.25) is 0 Å². The van der Waals surface area contributed by atoms with E-state index in [0.29, 0.717) is 11.8 Å². The van der Waals surface area contributed by atoms with Crippen LogP contribution >= 0.6 is 0 Å². The molecule has 3 nitrogen and oxygen atoms in total. The van der Waals surface area contributed by atoms with Crippen molar-refractivity contribution in [2.75, 3.05) is 5.32 Å². The molecule has 0 atom stereocenters. The van der Waals surface area contributed by atoms with Crippen molar-refractivity contribution in [2.45, 2.75) is 46.1 Å². The predicted molar refractivity (Wildman–Crippen MR) is 115 cm³/mol. The Bertz CT molecular complexity index is 920. The fourth-order valence-corrected chi connectivity index (χ4v) is 3.46. The number of anilines is 1. The first-order valence-corrected chi connectivity index (χ1v) is 9.93. The maximum absolute atomic E-state index is 12.8. The second-order valence-corrected chi connectivity index (χ2v) is 7.80. The molecular formula is C25H29N2O+. The Balaban J connectivity index is 1.82. The summed E-state index contributed by atoms with van der Waals surface area (Å²) in [7, 11) is 0. The normalized spacial score (nSPS) is 11.1. The van der Waals surface area contributed by atoms with Gasteiger partial charge in [0.2, 0.25) is 6.54 Å². The number of nitrogens with one attached hydrogen (secondary N) is 1. The van der Waals surface area contributed by atoms with Crippen LogP contribution in [0.15, 0.2) is 73.1 Å². The largest absolute Gasteiger partial charge is 0.320 e. The minimum Gasteiger partial charge on any atom is -0.320 e. The van der Waals surface area contributed by atoms with E-state index in [4.69, 9.17) is 0 Å². The van der Waals surface area contributed by atoms with E-state index in [2.05, 4.69) is 69.4 Å². The quantitative estimate of drug-likeness (QED) is 0.567. The molecule has 0 aliphatic rings. The number of para-hydroxylation sites is 1. The zero-order chi connectivity index (χ0) is 20.1. The Morgan fingerprint density at radius 2 is 1.43 bits per heavy atom. The van der Waals surface area contributed by atoms with Gasteiger partial charge in [0.1, 0.15) is 0 Å². The summed E-state index contributed by atoms with van der Waals surface area (Å²) in [6.45, 7) is 8.92. The van der Waals surface area contributed by atoms with Crippen LogP contribution in [0.5, 0.6) is 0 Å². The van der Waals surface area contributed by atoms with E-state index in [9.17, 15) is 4.79 Å². The first-order valence-electron chi connectivity index (χ1n) is 9.93. The second kappa shape index (κ2) is 8.83. The highest BCUT2D eigenvalue weighted by Crippen LogP contribution is 2.32. The van der Waals surface area contributed by atoms with Crippen molar-refractivity contribution in [3.05, 3.63) is 84.2 Å². The predicted octanol–water partition coefficient (Wildman–Crippen LogP) is 5.53. The number of carbonyl (C=O) groups is 1. The van der Waals surface area contributed by atoms with Crippen LogP contribution in [0.1, 0.15) is 50.7 Å². The first-order chi connectivity index (χ1) is 13.5. The van der Waals surface area contributed by atoms with Gasteiger partial charge in [-0.1, -0.05) is 76.2 Å². The van der Waals surface area contributed by atoms with Crippen LogP contribution in [0.25, 0.3) is 11.1 Å². The zero-order valence-electron chi connectivity index (χ0n) is 17.1. The molecule has 0 radical (unpaired) electrons. The molecule has 28 heavy (non-hydrogen) atoms. The third kappa shape index (κ3) is 4.66. The van der Waals surface area contributed by atoms with Gasteiger partial charge in [-0.15, -0.1) is 0 Å². The topological polar surface area (TPSA) is 33.0 Å². The number of hydrogen-bond donors (Lipinski definition) is 1. The van der Waals surface area contributed by atoms with Gasteiger partial charge in [0, 0.05) is 17.3 Å². The minimum atomic E-state index is -0.00906. The van der Waals surface area contributed by atoms with Crippen LogP contribution in [0.4, 0.5) is 5.69 Å². The summed E-state index contributed by atoms with van der Waals surface area (Å²) >= 11 is 0. The van der Waals surface area contributed by atoms with E-state index in [1.165, 1.54) is 11.1 Å². The summed E-state index contributed by atoms with van der Waals surface area (Å²) in [6.07, 6.45) is 3.95. The zero-order valence-corrected chi connectivity index (χ0v) is 17.1. The molecule has 0 fully saturated rings. The molecule has 0 spiro atoms. The van der Waals surface area contributed by atoms with Crippen molar-refractivity contribution in [1.29, 1.82) is 0 Å². The molecule has 2 aromatic carbocycles. The Morgan fingerprint density at radius 1 is 0.821 bits per heavy atom. The van der Waals surface area contributed by atoms with Gasteiger partial charge in [0.05, 0.1) is 0 Å². The number of hydrogen-bond acceptors (Lipinski definition) is 1. The van der Waals surface area contributed by atoms with Crippen LogP contribution in [-0.4, -0.2) is 5.91 Å². The van der Waals surface area contributed by atoms with Gasteiger partial charge in [-0.2, -0.15) is 4.57 Å². The first kappa shape index (κ1) is 19.8. The van der Waals surface area contributed by atoms with Gasteiger partial charge in [-0.25, -0.2) is 0 Å². The Kier molecular flexibility index (Phi) is 6.25. The van der Waals surface area contributed by atoms with E-state index in [-0.39, 0.29) is 12.5 Å². The highest BCUT2D eigenvalue weighted by Gasteiger charge is 2.18. The summed E-state index contributed by atoms with van der Waals surface area (Å²) in [5.74, 6) is 0.691. The molecule has 3 aromatic rings. The smallest absolute Gasteiger partial charge is 0.290 e. The lowest BCUT2D eigenvalue weighted by molar-refractivity contribution is -0.683. The maximum Gasteiger partial charge on any atom is 0.290 e.